The maximum Gasteiger partial charge on any atom is 0.300 e. The molecule has 0 aliphatic carbocycles. The number of likely N-dealkylation sites (N-methyl/N-ethyl adjacent to an activating group) is 1. The van der Waals surface area contributed by atoms with Crippen molar-refractivity contribution in [1.82, 2.24) is 24.3 Å². The topological polar surface area (TPSA) is 128 Å². The number of rotatable bonds is 8. The largest absolute Gasteiger partial charge is 0.485 e. The van der Waals surface area contributed by atoms with Crippen molar-refractivity contribution in [1.29, 1.82) is 0 Å². The molecule has 38 heavy (non-hydrogen) atoms. The van der Waals surface area contributed by atoms with Crippen molar-refractivity contribution in [2.75, 3.05) is 32.0 Å². The number of thiazole rings is 1. The van der Waals surface area contributed by atoms with Crippen molar-refractivity contribution in [3.63, 3.8) is 0 Å². The fourth-order valence-electron chi connectivity index (χ4n) is 4.50. The average molecular weight is 557 g/mol. The molecule has 1 fully saturated rings. The molecular weight excluding hydrogens is 528 g/mol. The van der Waals surface area contributed by atoms with E-state index in [1.54, 1.807) is 44.4 Å². The van der Waals surface area contributed by atoms with Crippen LogP contribution in [0.15, 0.2) is 45.8 Å². The van der Waals surface area contributed by atoms with Crippen LogP contribution in [0.25, 0.3) is 16.8 Å². The molecule has 1 unspecified atom stereocenters. The van der Waals surface area contributed by atoms with Gasteiger partial charge < -0.3 is 14.4 Å². The van der Waals surface area contributed by atoms with Gasteiger partial charge in [-0.2, -0.15) is 0 Å². The van der Waals surface area contributed by atoms with E-state index in [1.807, 2.05) is 0 Å². The summed E-state index contributed by atoms with van der Waals surface area (Å²) in [6.45, 7) is 4.84. The Bertz CT molecular complexity index is 1670. The Balaban J connectivity index is 1.47. The van der Waals surface area contributed by atoms with Gasteiger partial charge in [0.1, 0.15) is 17.9 Å². The highest BCUT2D eigenvalue weighted by atomic mass is 32.2. The molecule has 0 bridgehead atoms. The molecule has 1 saturated heterocycles. The molecule has 4 aromatic heterocycles. The Morgan fingerprint density at radius 3 is 2.68 bits per heavy atom. The van der Waals surface area contributed by atoms with Crippen molar-refractivity contribution in [2.24, 2.45) is 0 Å². The summed E-state index contributed by atoms with van der Waals surface area (Å²) in [6, 6.07) is 5.38. The Kier molecular flexibility index (Phi) is 7.07. The molecule has 4 aromatic rings. The fourth-order valence-corrected chi connectivity index (χ4v) is 7.04. The van der Waals surface area contributed by atoms with Gasteiger partial charge in [-0.15, -0.1) is 11.3 Å². The number of aryl methyl sites for hydroxylation is 2. The average Bonchev–Trinajstić information content (AvgIpc) is 3.47. The second kappa shape index (κ2) is 10.3. The van der Waals surface area contributed by atoms with E-state index in [0.717, 1.165) is 30.7 Å². The second-order valence-corrected chi connectivity index (χ2v) is 12.2. The smallest absolute Gasteiger partial charge is 0.300 e. The molecular formula is C25H28N6O5S2. The third kappa shape index (κ3) is 5.08. The number of likely N-dealkylation sites (tertiary alicyclic amines) is 1. The van der Waals surface area contributed by atoms with Gasteiger partial charge in [-0.05, 0) is 58.5 Å². The van der Waals surface area contributed by atoms with Gasteiger partial charge >= 0.3 is 0 Å². The van der Waals surface area contributed by atoms with Gasteiger partial charge in [-0.3, -0.25) is 13.9 Å². The number of aromatic nitrogens is 4. The van der Waals surface area contributed by atoms with Gasteiger partial charge in [0.05, 0.1) is 24.0 Å². The first-order valence-corrected chi connectivity index (χ1v) is 14.3. The molecule has 0 radical (unpaired) electrons. The molecule has 5 heterocycles. The SMILES string of the molecule is COc1ncc(-c2ccc3ncc(OCC4CCCN4C)c(=O)n3c2)cc1NS(=O)(=O)c1sc(C)nc1C. The number of ether oxygens (including phenoxy) is 2. The van der Waals surface area contributed by atoms with E-state index in [2.05, 4.69) is 31.6 Å². The second-order valence-electron chi connectivity index (χ2n) is 9.15. The summed E-state index contributed by atoms with van der Waals surface area (Å²) in [5.41, 5.74) is 1.93. The molecule has 1 atom stereocenters. The minimum Gasteiger partial charge on any atom is -0.485 e. The lowest BCUT2D eigenvalue weighted by atomic mass is 10.1. The van der Waals surface area contributed by atoms with E-state index in [-0.39, 0.29) is 33.1 Å². The van der Waals surface area contributed by atoms with Crippen molar-refractivity contribution in [3.8, 4) is 22.8 Å². The summed E-state index contributed by atoms with van der Waals surface area (Å²) in [5.74, 6) is 0.292. The quantitative estimate of drug-likeness (QED) is 0.348. The molecule has 5 rings (SSSR count). The molecule has 1 aliphatic heterocycles. The van der Waals surface area contributed by atoms with Crippen molar-refractivity contribution in [3.05, 3.63) is 57.8 Å². The number of sulfonamides is 1. The first-order valence-electron chi connectivity index (χ1n) is 12.0. The normalized spacial score (nSPS) is 16.2. The summed E-state index contributed by atoms with van der Waals surface area (Å²) in [6.07, 6.45) is 6.78. The highest BCUT2D eigenvalue weighted by molar-refractivity contribution is 7.94. The zero-order valence-electron chi connectivity index (χ0n) is 21.5. The maximum absolute atomic E-state index is 13.2. The molecule has 0 saturated carbocycles. The number of nitrogens with zero attached hydrogens (tertiary/aromatic N) is 5. The number of methoxy groups -OCH3 is 1. The molecule has 13 heteroatoms. The van der Waals surface area contributed by atoms with Crippen LogP contribution in [0.4, 0.5) is 5.69 Å². The van der Waals surface area contributed by atoms with E-state index in [4.69, 9.17) is 9.47 Å². The van der Waals surface area contributed by atoms with Crippen molar-refractivity contribution < 1.29 is 17.9 Å². The number of pyridine rings is 2. The van der Waals surface area contributed by atoms with Gasteiger partial charge in [-0.1, -0.05) is 0 Å². The van der Waals surface area contributed by atoms with Gasteiger partial charge in [0.25, 0.3) is 15.6 Å². The van der Waals surface area contributed by atoms with Crippen LogP contribution < -0.4 is 19.8 Å². The van der Waals surface area contributed by atoms with Gasteiger partial charge in [0.2, 0.25) is 11.6 Å². The van der Waals surface area contributed by atoms with E-state index in [9.17, 15) is 13.2 Å². The number of hydrogen-bond acceptors (Lipinski definition) is 10. The zero-order valence-corrected chi connectivity index (χ0v) is 23.1. The van der Waals surface area contributed by atoms with Crippen LogP contribution in [0.3, 0.4) is 0 Å². The van der Waals surface area contributed by atoms with Crippen LogP contribution in [0.5, 0.6) is 11.6 Å². The number of nitrogens with one attached hydrogen (secondary N) is 1. The van der Waals surface area contributed by atoms with Crippen LogP contribution in [-0.2, 0) is 10.0 Å². The Morgan fingerprint density at radius 2 is 2.00 bits per heavy atom. The summed E-state index contributed by atoms with van der Waals surface area (Å²) >= 11 is 1.09. The molecule has 1 N–H and O–H groups in total. The van der Waals surface area contributed by atoms with Gasteiger partial charge in [0, 0.05) is 29.6 Å². The Morgan fingerprint density at radius 1 is 1.18 bits per heavy atom. The minimum absolute atomic E-state index is 0.114. The molecule has 0 aromatic carbocycles. The standard InChI is InChI=1S/C25H28N6O5S2/c1-15-25(37-16(2)28-15)38(33,34)29-20-10-18(11-27-23(20)35-4)17-7-8-22-26-12-21(24(32)31(22)13-17)36-14-19-6-5-9-30(19)3/h7-8,10-13,19,29H,5-6,9,14H2,1-4H3. The van der Waals surface area contributed by atoms with Crippen LogP contribution in [0.1, 0.15) is 23.5 Å². The van der Waals surface area contributed by atoms with Gasteiger partial charge in [-0.25, -0.2) is 23.4 Å². The van der Waals surface area contributed by atoms with Gasteiger partial charge in [0.15, 0.2) is 4.21 Å². The molecule has 11 nitrogen and oxygen atoms in total. The third-order valence-electron chi connectivity index (χ3n) is 6.50. The number of anilines is 1. The van der Waals surface area contributed by atoms with Crippen LogP contribution >= 0.6 is 11.3 Å². The van der Waals surface area contributed by atoms with E-state index in [0.29, 0.717) is 34.1 Å². The molecule has 200 valence electrons. The highest BCUT2D eigenvalue weighted by Gasteiger charge is 2.24. The lowest BCUT2D eigenvalue weighted by Gasteiger charge is -2.19. The first-order chi connectivity index (χ1) is 18.2. The Labute approximate surface area is 224 Å². The minimum atomic E-state index is -3.92. The van der Waals surface area contributed by atoms with E-state index in [1.165, 1.54) is 17.7 Å². The van der Waals surface area contributed by atoms with E-state index >= 15 is 0 Å². The number of hydrogen-bond donors (Lipinski definition) is 1. The van der Waals surface area contributed by atoms with Crippen LogP contribution in [0.2, 0.25) is 0 Å². The zero-order chi connectivity index (χ0) is 27.0. The predicted octanol–water partition coefficient (Wildman–Crippen LogP) is 3.11. The lowest BCUT2D eigenvalue weighted by molar-refractivity contribution is 0.196. The van der Waals surface area contributed by atoms with E-state index < -0.39 is 10.0 Å². The first kappa shape index (κ1) is 26.1. The monoisotopic (exact) mass is 556 g/mol. The predicted molar refractivity (Wildman–Crippen MR) is 145 cm³/mol. The molecule has 0 spiro atoms. The lowest BCUT2D eigenvalue weighted by Crippen LogP contribution is -2.32. The number of fused-ring (bicyclic) bond motifs is 1. The molecule has 1 aliphatic rings. The summed E-state index contributed by atoms with van der Waals surface area (Å²) < 4.78 is 41.5. The fraction of sp³-hybridized carbons (Fsp3) is 0.360. The Hall–Kier alpha value is -3.55. The third-order valence-corrected chi connectivity index (χ3v) is 9.55. The highest BCUT2D eigenvalue weighted by Crippen LogP contribution is 2.32. The summed E-state index contributed by atoms with van der Waals surface area (Å²) in [7, 11) is -0.456. The summed E-state index contributed by atoms with van der Waals surface area (Å²) in [4.78, 5) is 28.3. The summed E-state index contributed by atoms with van der Waals surface area (Å²) in [5, 5.41) is 0.649. The van der Waals surface area contributed by atoms with Crippen LogP contribution in [0, 0.1) is 13.8 Å². The maximum atomic E-state index is 13.2. The molecule has 0 amide bonds. The van der Waals surface area contributed by atoms with Crippen molar-refractivity contribution >= 4 is 32.7 Å². The van der Waals surface area contributed by atoms with Crippen molar-refractivity contribution in [2.45, 2.75) is 36.9 Å². The van der Waals surface area contributed by atoms with Crippen LogP contribution in [-0.4, -0.2) is 66.0 Å².